The van der Waals surface area contributed by atoms with E-state index in [9.17, 15) is 0 Å². The smallest absolute Gasteiger partial charge is 0.0583 e. The van der Waals surface area contributed by atoms with Crippen molar-refractivity contribution >= 4 is 0 Å². The lowest BCUT2D eigenvalue weighted by atomic mass is 9.77. The SMILES string of the molecule is CO[C@H]1C[C@H](c2ccccc2)C1. The molecule has 1 aromatic rings. The maximum Gasteiger partial charge on any atom is 0.0583 e. The molecule has 1 aromatic carbocycles. The molecule has 0 radical (unpaired) electrons. The second-order valence-corrected chi connectivity index (χ2v) is 3.44. The molecule has 0 spiro atoms. The minimum Gasteiger partial charge on any atom is -0.381 e. The summed E-state index contributed by atoms with van der Waals surface area (Å²) in [5.41, 5.74) is 1.46. The van der Waals surface area contributed by atoms with Crippen LogP contribution in [0.3, 0.4) is 0 Å². The molecule has 0 heterocycles. The van der Waals surface area contributed by atoms with Crippen LogP contribution >= 0.6 is 0 Å². The molecule has 0 bridgehead atoms. The summed E-state index contributed by atoms with van der Waals surface area (Å²) in [6.07, 6.45) is 2.90. The van der Waals surface area contributed by atoms with E-state index in [1.165, 1.54) is 18.4 Å². The van der Waals surface area contributed by atoms with Gasteiger partial charge in [0.2, 0.25) is 0 Å². The van der Waals surface area contributed by atoms with E-state index in [0.717, 1.165) is 5.92 Å². The average molecular weight is 162 g/mol. The Balaban J connectivity index is 1.97. The van der Waals surface area contributed by atoms with Crippen molar-refractivity contribution in [3.63, 3.8) is 0 Å². The highest BCUT2D eigenvalue weighted by atomic mass is 16.5. The van der Waals surface area contributed by atoms with Crippen LogP contribution in [0.15, 0.2) is 30.3 Å². The van der Waals surface area contributed by atoms with Crippen LogP contribution in [0.4, 0.5) is 0 Å². The first-order chi connectivity index (χ1) is 5.90. The molecule has 0 saturated heterocycles. The van der Waals surface area contributed by atoms with Crippen molar-refractivity contribution in [2.45, 2.75) is 24.9 Å². The first-order valence-electron chi connectivity index (χ1n) is 4.48. The number of methoxy groups -OCH3 is 1. The van der Waals surface area contributed by atoms with Gasteiger partial charge in [-0.2, -0.15) is 0 Å². The van der Waals surface area contributed by atoms with Gasteiger partial charge in [0.1, 0.15) is 0 Å². The Kier molecular flexibility index (Phi) is 2.13. The summed E-state index contributed by atoms with van der Waals surface area (Å²) in [4.78, 5) is 0. The first-order valence-corrected chi connectivity index (χ1v) is 4.48. The second kappa shape index (κ2) is 3.28. The fourth-order valence-corrected chi connectivity index (χ4v) is 1.76. The summed E-state index contributed by atoms with van der Waals surface area (Å²) < 4.78 is 5.24. The van der Waals surface area contributed by atoms with E-state index in [-0.39, 0.29) is 0 Å². The summed E-state index contributed by atoms with van der Waals surface area (Å²) in [6, 6.07) is 10.7. The third-order valence-electron chi connectivity index (χ3n) is 2.70. The Morgan fingerprint density at radius 3 is 2.42 bits per heavy atom. The molecule has 0 amide bonds. The zero-order valence-corrected chi connectivity index (χ0v) is 7.36. The van der Waals surface area contributed by atoms with Gasteiger partial charge in [0, 0.05) is 7.11 Å². The van der Waals surface area contributed by atoms with E-state index in [4.69, 9.17) is 4.74 Å². The Labute approximate surface area is 73.4 Å². The van der Waals surface area contributed by atoms with E-state index in [1.54, 1.807) is 7.11 Å². The molecule has 12 heavy (non-hydrogen) atoms. The van der Waals surface area contributed by atoms with E-state index >= 15 is 0 Å². The van der Waals surface area contributed by atoms with Crippen molar-refractivity contribution in [1.82, 2.24) is 0 Å². The van der Waals surface area contributed by atoms with Crippen LogP contribution in [-0.2, 0) is 4.74 Å². The van der Waals surface area contributed by atoms with Crippen molar-refractivity contribution in [2.24, 2.45) is 0 Å². The van der Waals surface area contributed by atoms with Crippen LogP contribution in [0.1, 0.15) is 24.3 Å². The summed E-state index contributed by atoms with van der Waals surface area (Å²) >= 11 is 0. The van der Waals surface area contributed by atoms with E-state index < -0.39 is 0 Å². The molecule has 0 N–H and O–H groups in total. The highest BCUT2D eigenvalue weighted by molar-refractivity contribution is 5.22. The maximum atomic E-state index is 5.24. The van der Waals surface area contributed by atoms with Gasteiger partial charge in [-0.1, -0.05) is 30.3 Å². The normalized spacial score (nSPS) is 28.1. The summed E-state index contributed by atoms with van der Waals surface area (Å²) in [5.74, 6) is 0.746. The second-order valence-electron chi connectivity index (χ2n) is 3.44. The number of ether oxygens (including phenoxy) is 1. The zero-order valence-electron chi connectivity index (χ0n) is 7.36. The lowest BCUT2D eigenvalue weighted by molar-refractivity contribution is 0.0258. The third kappa shape index (κ3) is 1.37. The van der Waals surface area contributed by atoms with Gasteiger partial charge in [0.25, 0.3) is 0 Å². The van der Waals surface area contributed by atoms with Gasteiger partial charge < -0.3 is 4.74 Å². The minimum absolute atomic E-state index is 0.509. The molecule has 1 saturated carbocycles. The fraction of sp³-hybridized carbons (Fsp3) is 0.455. The molecular weight excluding hydrogens is 148 g/mol. The summed E-state index contributed by atoms with van der Waals surface area (Å²) in [5, 5.41) is 0. The maximum absolute atomic E-state index is 5.24. The minimum atomic E-state index is 0.509. The van der Waals surface area contributed by atoms with E-state index in [2.05, 4.69) is 30.3 Å². The largest absolute Gasteiger partial charge is 0.381 e. The van der Waals surface area contributed by atoms with Gasteiger partial charge >= 0.3 is 0 Å². The quantitative estimate of drug-likeness (QED) is 0.649. The first kappa shape index (κ1) is 7.81. The average Bonchev–Trinajstić information content (AvgIpc) is 2.04. The van der Waals surface area contributed by atoms with Crippen LogP contribution in [0.25, 0.3) is 0 Å². The number of rotatable bonds is 2. The number of hydrogen-bond donors (Lipinski definition) is 0. The predicted octanol–water partition coefficient (Wildman–Crippen LogP) is 2.58. The Bertz CT molecular complexity index is 236. The number of hydrogen-bond acceptors (Lipinski definition) is 1. The Morgan fingerprint density at radius 2 is 1.83 bits per heavy atom. The molecular formula is C11H14O. The van der Waals surface area contributed by atoms with Crippen molar-refractivity contribution < 1.29 is 4.74 Å². The van der Waals surface area contributed by atoms with Crippen molar-refractivity contribution in [1.29, 1.82) is 0 Å². The van der Waals surface area contributed by atoms with Crippen molar-refractivity contribution in [2.75, 3.05) is 7.11 Å². The van der Waals surface area contributed by atoms with Crippen LogP contribution in [0.5, 0.6) is 0 Å². The molecule has 64 valence electrons. The highest BCUT2D eigenvalue weighted by Gasteiger charge is 2.29. The molecule has 1 fully saturated rings. The predicted molar refractivity (Wildman–Crippen MR) is 49.2 cm³/mol. The van der Waals surface area contributed by atoms with Gasteiger partial charge in [0.15, 0.2) is 0 Å². The van der Waals surface area contributed by atoms with Crippen LogP contribution in [-0.4, -0.2) is 13.2 Å². The Hall–Kier alpha value is -0.820. The molecule has 2 rings (SSSR count). The van der Waals surface area contributed by atoms with Crippen LogP contribution in [0.2, 0.25) is 0 Å². The highest BCUT2D eigenvalue weighted by Crippen LogP contribution is 2.37. The molecule has 1 aliphatic carbocycles. The van der Waals surface area contributed by atoms with E-state index in [0.29, 0.717) is 6.10 Å². The third-order valence-corrected chi connectivity index (χ3v) is 2.70. The molecule has 0 aliphatic heterocycles. The van der Waals surface area contributed by atoms with Gasteiger partial charge in [-0.15, -0.1) is 0 Å². The molecule has 0 unspecified atom stereocenters. The molecule has 0 atom stereocenters. The molecule has 0 aromatic heterocycles. The molecule has 1 aliphatic rings. The topological polar surface area (TPSA) is 9.23 Å². The van der Waals surface area contributed by atoms with E-state index in [1.807, 2.05) is 0 Å². The van der Waals surface area contributed by atoms with Crippen LogP contribution in [0, 0.1) is 0 Å². The lowest BCUT2D eigenvalue weighted by Gasteiger charge is -2.34. The van der Waals surface area contributed by atoms with Crippen LogP contribution < -0.4 is 0 Å². The van der Waals surface area contributed by atoms with Gasteiger partial charge in [-0.3, -0.25) is 0 Å². The molecule has 1 nitrogen and oxygen atoms in total. The number of benzene rings is 1. The summed E-state index contributed by atoms with van der Waals surface area (Å²) in [6.45, 7) is 0. The fourth-order valence-electron chi connectivity index (χ4n) is 1.76. The monoisotopic (exact) mass is 162 g/mol. The van der Waals surface area contributed by atoms with Gasteiger partial charge in [0.05, 0.1) is 6.10 Å². The Morgan fingerprint density at radius 1 is 1.17 bits per heavy atom. The van der Waals surface area contributed by atoms with Gasteiger partial charge in [-0.05, 0) is 24.3 Å². The lowest BCUT2D eigenvalue weighted by Crippen LogP contribution is -2.28. The van der Waals surface area contributed by atoms with Gasteiger partial charge in [-0.25, -0.2) is 0 Å². The molecule has 1 heteroatoms. The van der Waals surface area contributed by atoms with Crippen molar-refractivity contribution in [3.05, 3.63) is 35.9 Å². The summed E-state index contributed by atoms with van der Waals surface area (Å²) in [7, 11) is 1.80. The standard InChI is InChI=1S/C11H14O/c1-12-11-7-10(8-11)9-5-3-2-4-6-9/h2-6,10-11H,7-8H2,1H3/t10-,11-. The van der Waals surface area contributed by atoms with Crippen molar-refractivity contribution in [3.8, 4) is 0 Å². The zero-order chi connectivity index (χ0) is 8.39.